The van der Waals surface area contributed by atoms with Gasteiger partial charge in [-0.25, -0.2) is 0 Å². The molecule has 2 aliphatic rings. The van der Waals surface area contributed by atoms with Crippen molar-refractivity contribution in [3.8, 4) is 0 Å². The monoisotopic (exact) mass is 322 g/mol. The fourth-order valence-corrected chi connectivity index (χ4v) is 3.57. The van der Waals surface area contributed by atoms with Gasteiger partial charge >= 0.3 is 17.9 Å². The molecule has 1 saturated carbocycles. The van der Waals surface area contributed by atoms with E-state index in [0.717, 1.165) is 11.1 Å². The molecule has 0 heterocycles. The molecule has 2 atom stereocenters. The molecule has 0 aliphatic heterocycles. The Balaban J connectivity index is 2.37. The van der Waals surface area contributed by atoms with Crippen molar-refractivity contribution < 1.29 is 28.6 Å². The van der Waals surface area contributed by atoms with Gasteiger partial charge in [0, 0.05) is 0 Å². The van der Waals surface area contributed by atoms with E-state index in [1.807, 2.05) is 13.0 Å². The van der Waals surface area contributed by atoms with Gasteiger partial charge in [-0.05, 0) is 32.1 Å². The van der Waals surface area contributed by atoms with Crippen molar-refractivity contribution in [1.82, 2.24) is 0 Å². The molecule has 126 valence electrons. The summed E-state index contributed by atoms with van der Waals surface area (Å²) < 4.78 is 14.5. The molecule has 1 fully saturated rings. The van der Waals surface area contributed by atoms with Crippen LogP contribution in [0.5, 0.6) is 0 Å². The van der Waals surface area contributed by atoms with Crippen LogP contribution < -0.4 is 0 Å². The molecule has 6 nitrogen and oxygen atoms in total. The summed E-state index contributed by atoms with van der Waals surface area (Å²) in [4.78, 5) is 36.3. The third-order valence-electron chi connectivity index (χ3n) is 4.81. The number of esters is 3. The molecule has 0 saturated heterocycles. The lowest BCUT2D eigenvalue weighted by molar-refractivity contribution is -0.168. The van der Waals surface area contributed by atoms with Crippen molar-refractivity contribution >= 4 is 17.9 Å². The number of allylic oxidation sites excluding steroid dienone is 3. The first-order valence-electron chi connectivity index (χ1n) is 7.51. The number of fused-ring (bicyclic) bond motifs is 1. The predicted molar refractivity (Wildman–Crippen MR) is 81.2 cm³/mol. The zero-order chi connectivity index (χ0) is 17.2. The highest BCUT2D eigenvalue weighted by atomic mass is 16.5. The fourth-order valence-electron chi connectivity index (χ4n) is 3.57. The van der Waals surface area contributed by atoms with Crippen LogP contribution in [0.1, 0.15) is 26.2 Å². The van der Waals surface area contributed by atoms with Gasteiger partial charge in [-0.2, -0.15) is 0 Å². The molecule has 6 heteroatoms. The minimum Gasteiger partial charge on any atom is -0.469 e. The summed E-state index contributed by atoms with van der Waals surface area (Å²) in [5.74, 6) is -1.84. The molecule has 0 aromatic rings. The van der Waals surface area contributed by atoms with Crippen LogP contribution in [0.2, 0.25) is 0 Å². The lowest BCUT2D eigenvalue weighted by Crippen LogP contribution is -2.39. The van der Waals surface area contributed by atoms with Gasteiger partial charge in [0.25, 0.3) is 0 Å². The van der Waals surface area contributed by atoms with Crippen molar-refractivity contribution in [3.05, 3.63) is 23.3 Å². The van der Waals surface area contributed by atoms with Gasteiger partial charge in [0.05, 0.1) is 27.2 Å². The second kappa shape index (κ2) is 6.56. The van der Waals surface area contributed by atoms with Gasteiger partial charge in [0.15, 0.2) is 5.41 Å². The van der Waals surface area contributed by atoms with Gasteiger partial charge in [0.1, 0.15) is 0 Å². The summed E-state index contributed by atoms with van der Waals surface area (Å²) in [6.07, 6.45) is 4.77. The van der Waals surface area contributed by atoms with E-state index in [1.165, 1.54) is 21.3 Å². The molecule has 0 N–H and O–H groups in total. The van der Waals surface area contributed by atoms with E-state index < -0.39 is 17.4 Å². The van der Waals surface area contributed by atoms with E-state index in [4.69, 9.17) is 14.2 Å². The summed E-state index contributed by atoms with van der Waals surface area (Å²) in [5.41, 5.74) is 0.709. The lowest BCUT2D eigenvalue weighted by atomic mass is 9.84. The quantitative estimate of drug-likeness (QED) is 0.341. The fraction of sp³-hybridized carbons (Fsp3) is 0.588. The smallest absolute Gasteiger partial charge is 0.323 e. The van der Waals surface area contributed by atoms with Crippen molar-refractivity contribution in [2.45, 2.75) is 26.2 Å². The number of carbonyl (C=O) groups is 3. The van der Waals surface area contributed by atoms with Crippen LogP contribution >= 0.6 is 0 Å². The number of ether oxygens (including phenoxy) is 3. The highest BCUT2D eigenvalue weighted by Crippen LogP contribution is 2.50. The normalized spacial score (nSPS) is 25.4. The summed E-state index contributed by atoms with van der Waals surface area (Å²) in [6.45, 7) is 1.93. The Bertz CT molecular complexity index is 570. The summed E-state index contributed by atoms with van der Waals surface area (Å²) in [6, 6.07) is 0. The third-order valence-corrected chi connectivity index (χ3v) is 4.81. The van der Waals surface area contributed by atoms with E-state index >= 15 is 0 Å². The minimum absolute atomic E-state index is 0.0807. The Hall–Kier alpha value is -2.11. The Morgan fingerprint density at radius 3 is 2.17 bits per heavy atom. The molecular weight excluding hydrogens is 300 g/mol. The van der Waals surface area contributed by atoms with Crippen LogP contribution in [0, 0.1) is 17.3 Å². The van der Waals surface area contributed by atoms with Crippen molar-refractivity contribution in [3.63, 3.8) is 0 Å². The van der Waals surface area contributed by atoms with E-state index in [0.29, 0.717) is 12.8 Å². The number of rotatable bonds is 3. The first-order valence-corrected chi connectivity index (χ1v) is 7.51. The first-order chi connectivity index (χ1) is 10.9. The summed E-state index contributed by atoms with van der Waals surface area (Å²) in [7, 11) is 3.90. The number of methoxy groups -OCH3 is 3. The van der Waals surface area contributed by atoms with Crippen LogP contribution in [-0.2, 0) is 28.6 Å². The van der Waals surface area contributed by atoms with Crippen LogP contribution in [0.25, 0.3) is 0 Å². The van der Waals surface area contributed by atoms with Crippen LogP contribution in [0.15, 0.2) is 23.3 Å². The van der Waals surface area contributed by atoms with Gasteiger partial charge in [-0.15, -0.1) is 0 Å². The molecule has 0 bridgehead atoms. The molecular formula is C17H22O6. The first kappa shape index (κ1) is 17.2. The second-order valence-electron chi connectivity index (χ2n) is 6.08. The Labute approximate surface area is 135 Å². The lowest BCUT2D eigenvalue weighted by Gasteiger charge is -2.22. The maximum Gasteiger partial charge on any atom is 0.323 e. The SMILES string of the molecule is COC(=O)[C@@H]1C=C[C@H]2CC(C(=O)OC)(C(=O)OC)CC2=C(C)C1. The Kier molecular flexibility index (Phi) is 4.92. The van der Waals surface area contributed by atoms with E-state index in [9.17, 15) is 14.4 Å². The van der Waals surface area contributed by atoms with Crippen molar-refractivity contribution in [2.75, 3.05) is 21.3 Å². The van der Waals surface area contributed by atoms with E-state index in [1.54, 1.807) is 6.08 Å². The number of carbonyl (C=O) groups excluding carboxylic acids is 3. The van der Waals surface area contributed by atoms with E-state index in [-0.39, 0.29) is 24.2 Å². The summed E-state index contributed by atoms with van der Waals surface area (Å²) in [5, 5.41) is 0. The molecule has 0 unspecified atom stereocenters. The van der Waals surface area contributed by atoms with Gasteiger partial charge in [-0.1, -0.05) is 23.3 Å². The standard InChI is InChI=1S/C17H22O6/c1-10-7-11(14(18)21-2)5-6-12-8-17(9-13(10)12,15(19)22-3)16(20)23-4/h5-6,11-12H,7-9H2,1-4H3/t11-,12+/m1/s1. The maximum atomic E-state index is 12.2. The molecule has 0 amide bonds. The Morgan fingerprint density at radius 2 is 1.65 bits per heavy atom. The zero-order valence-electron chi connectivity index (χ0n) is 13.9. The van der Waals surface area contributed by atoms with Crippen LogP contribution in [-0.4, -0.2) is 39.2 Å². The van der Waals surface area contributed by atoms with Crippen LogP contribution in [0.4, 0.5) is 0 Å². The zero-order valence-corrected chi connectivity index (χ0v) is 13.9. The topological polar surface area (TPSA) is 78.9 Å². The molecule has 2 rings (SSSR count). The molecule has 2 aliphatic carbocycles. The second-order valence-corrected chi connectivity index (χ2v) is 6.08. The molecule has 23 heavy (non-hydrogen) atoms. The van der Waals surface area contributed by atoms with Gasteiger partial charge < -0.3 is 14.2 Å². The predicted octanol–water partition coefficient (Wildman–Crippen LogP) is 1.79. The third kappa shape index (κ3) is 2.90. The molecule has 0 spiro atoms. The van der Waals surface area contributed by atoms with E-state index in [2.05, 4.69) is 0 Å². The van der Waals surface area contributed by atoms with Crippen LogP contribution in [0.3, 0.4) is 0 Å². The minimum atomic E-state index is -1.30. The van der Waals surface area contributed by atoms with Crippen molar-refractivity contribution in [1.29, 1.82) is 0 Å². The molecule has 0 aromatic heterocycles. The van der Waals surface area contributed by atoms with Gasteiger partial charge in [-0.3, -0.25) is 14.4 Å². The largest absolute Gasteiger partial charge is 0.469 e. The Morgan fingerprint density at radius 1 is 1.04 bits per heavy atom. The highest BCUT2D eigenvalue weighted by Gasteiger charge is 2.55. The van der Waals surface area contributed by atoms with Crippen molar-refractivity contribution in [2.24, 2.45) is 17.3 Å². The van der Waals surface area contributed by atoms with Gasteiger partial charge in [0.2, 0.25) is 0 Å². The average Bonchev–Trinajstić information content (AvgIpc) is 2.90. The highest BCUT2D eigenvalue weighted by molar-refractivity contribution is 6.01. The molecule has 0 radical (unpaired) electrons. The summed E-state index contributed by atoms with van der Waals surface area (Å²) >= 11 is 0. The molecule has 0 aromatic carbocycles. The average molecular weight is 322 g/mol. The maximum absolute atomic E-state index is 12.2. The number of hydrogen-bond acceptors (Lipinski definition) is 6. The number of hydrogen-bond donors (Lipinski definition) is 0.